The largest absolute Gasteiger partial charge is 0.489 e. The zero-order chi connectivity index (χ0) is 21.4. The third kappa shape index (κ3) is 4.73. The van der Waals surface area contributed by atoms with Crippen molar-refractivity contribution in [2.24, 2.45) is 0 Å². The molecule has 1 aromatic heterocycles. The Morgan fingerprint density at radius 3 is 2.52 bits per heavy atom. The lowest BCUT2D eigenvalue weighted by Gasteiger charge is -2.17. The number of halogens is 5. The number of nitrogens with zero attached hydrogens (tertiary/aromatic N) is 1. The van der Waals surface area contributed by atoms with Gasteiger partial charge in [-0.05, 0) is 61.0 Å². The minimum Gasteiger partial charge on any atom is -0.489 e. The minimum atomic E-state index is -4.59. The van der Waals surface area contributed by atoms with Gasteiger partial charge in [0.2, 0.25) is 5.92 Å². The van der Waals surface area contributed by atoms with Crippen LogP contribution in [0.1, 0.15) is 71.3 Å². The lowest BCUT2D eigenvalue weighted by Crippen LogP contribution is -2.12. The third-order valence-electron chi connectivity index (χ3n) is 5.61. The van der Waals surface area contributed by atoms with Crippen molar-refractivity contribution >= 4 is 11.5 Å². The SMILES string of the molecule is CCCc1ccc(OCc2c(C3CCC(F)(F)C3)nsc2C(F)(F)F)c(C)c1C. The second kappa shape index (κ2) is 8.20. The molecule has 1 saturated carbocycles. The van der Waals surface area contributed by atoms with E-state index in [1.165, 1.54) is 5.56 Å². The van der Waals surface area contributed by atoms with Crippen LogP contribution < -0.4 is 4.74 Å². The molecule has 0 saturated heterocycles. The number of ether oxygens (including phenoxy) is 1. The van der Waals surface area contributed by atoms with Crippen LogP contribution in [0, 0.1) is 13.8 Å². The smallest absolute Gasteiger partial charge is 0.427 e. The van der Waals surface area contributed by atoms with Crippen LogP contribution in [0.15, 0.2) is 12.1 Å². The van der Waals surface area contributed by atoms with Crippen molar-refractivity contribution in [3.63, 3.8) is 0 Å². The van der Waals surface area contributed by atoms with Gasteiger partial charge in [0.25, 0.3) is 0 Å². The van der Waals surface area contributed by atoms with E-state index in [-0.39, 0.29) is 30.7 Å². The lowest BCUT2D eigenvalue weighted by atomic mass is 9.98. The maximum Gasteiger partial charge on any atom is 0.427 e. The topological polar surface area (TPSA) is 22.1 Å². The second-order valence-corrected chi connectivity index (χ2v) is 8.45. The van der Waals surface area contributed by atoms with E-state index < -0.39 is 29.3 Å². The van der Waals surface area contributed by atoms with Crippen LogP contribution in [0.5, 0.6) is 5.75 Å². The molecule has 2 aromatic rings. The molecule has 0 radical (unpaired) electrons. The van der Waals surface area contributed by atoms with E-state index in [0.717, 1.165) is 24.0 Å². The summed E-state index contributed by atoms with van der Waals surface area (Å²) < 4.78 is 77.4. The minimum absolute atomic E-state index is 0.108. The maximum atomic E-state index is 13.6. The van der Waals surface area contributed by atoms with Gasteiger partial charge in [0.15, 0.2) is 0 Å². The van der Waals surface area contributed by atoms with Crippen LogP contribution in [-0.4, -0.2) is 10.3 Å². The van der Waals surface area contributed by atoms with Crippen molar-refractivity contribution in [1.29, 1.82) is 0 Å². The molecule has 1 aromatic carbocycles. The van der Waals surface area contributed by atoms with Crippen molar-refractivity contribution in [3.8, 4) is 5.75 Å². The maximum absolute atomic E-state index is 13.6. The molecule has 1 heterocycles. The van der Waals surface area contributed by atoms with Crippen molar-refractivity contribution in [1.82, 2.24) is 4.37 Å². The quantitative estimate of drug-likeness (QED) is 0.449. The third-order valence-corrected chi connectivity index (χ3v) is 6.56. The Kier molecular flexibility index (Phi) is 6.22. The Labute approximate surface area is 171 Å². The first-order valence-electron chi connectivity index (χ1n) is 9.69. The normalized spacial score (nSPS) is 19.0. The summed E-state index contributed by atoms with van der Waals surface area (Å²) >= 11 is 0.322. The van der Waals surface area contributed by atoms with Gasteiger partial charge in [-0.3, -0.25) is 0 Å². The number of aryl methyl sites for hydroxylation is 1. The first-order chi connectivity index (χ1) is 13.5. The van der Waals surface area contributed by atoms with Crippen molar-refractivity contribution in [2.75, 3.05) is 0 Å². The summed E-state index contributed by atoms with van der Waals surface area (Å²) in [6, 6.07) is 3.69. The van der Waals surface area contributed by atoms with E-state index in [4.69, 9.17) is 4.74 Å². The van der Waals surface area contributed by atoms with Crippen molar-refractivity contribution in [3.05, 3.63) is 45.0 Å². The van der Waals surface area contributed by atoms with Crippen LogP contribution in [0.4, 0.5) is 22.0 Å². The first-order valence-corrected chi connectivity index (χ1v) is 10.5. The Hall–Kier alpha value is -1.70. The Morgan fingerprint density at radius 1 is 1.21 bits per heavy atom. The molecule has 3 rings (SSSR count). The van der Waals surface area contributed by atoms with E-state index >= 15 is 0 Å². The molecule has 0 N–H and O–H groups in total. The fourth-order valence-corrected chi connectivity index (χ4v) is 4.71. The molecule has 8 heteroatoms. The number of hydrogen-bond donors (Lipinski definition) is 0. The van der Waals surface area contributed by atoms with Crippen LogP contribution in [0.3, 0.4) is 0 Å². The predicted octanol–water partition coefficient (Wildman–Crippen LogP) is 7.21. The van der Waals surface area contributed by atoms with E-state index in [0.29, 0.717) is 17.3 Å². The highest BCUT2D eigenvalue weighted by atomic mass is 32.1. The number of aromatic nitrogens is 1. The zero-order valence-electron chi connectivity index (χ0n) is 16.6. The van der Waals surface area contributed by atoms with Gasteiger partial charge in [0.05, 0.1) is 5.69 Å². The summed E-state index contributed by atoms with van der Waals surface area (Å²) in [7, 11) is 0. The number of hydrogen-bond acceptors (Lipinski definition) is 3. The van der Waals surface area contributed by atoms with Gasteiger partial charge in [-0.1, -0.05) is 19.4 Å². The molecule has 29 heavy (non-hydrogen) atoms. The summed E-state index contributed by atoms with van der Waals surface area (Å²) in [4.78, 5) is -0.861. The molecular weight excluding hydrogens is 409 g/mol. The van der Waals surface area contributed by atoms with Crippen LogP contribution in [-0.2, 0) is 19.2 Å². The molecule has 0 bridgehead atoms. The molecule has 1 fully saturated rings. The van der Waals surface area contributed by atoms with Crippen LogP contribution in [0.2, 0.25) is 0 Å². The fourth-order valence-electron chi connectivity index (χ4n) is 3.89. The molecule has 160 valence electrons. The summed E-state index contributed by atoms with van der Waals surface area (Å²) in [5, 5.41) is 0. The molecule has 1 unspecified atom stereocenters. The lowest BCUT2D eigenvalue weighted by molar-refractivity contribution is -0.135. The number of alkyl halides is 5. The number of benzene rings is 1. The van der Waals surface area contributed by atoms with E-state index in [1.54, 1.807) is 6.07 Å². The molecule has 0 spiro atoms. The fraction of sp³-hybridized carbons (Fsp3) is 0.571. The van der Waals surface area contributed by atoms with Crippen LogP contribution in [0.25, 0.3) is 0 Å². The van der Waals surface area contributed by atoms with Crippen molar-refractivity contribution in [2.45, 2.75) is 77.5 Å². The summed E-state index contributed by atoms with van der Waals surface area (Å²) in [5.41, 5.74) is 3.11. The average Bonchev–Trinajstić information content (AvgIpc) is 3.21. The highest BCUT2D eigenvalue weighted by molar-refractivity contribution is 7.06. The molecule has 0 aliphatic heterocycles. The van der Waals surface area contributed by atoms with Gasteiger partial charge in [-0.15, -0.1) is 0 Å². The summed E-state index contributed by atoms with van der Waals surface area (Å²) in [6.07, 6.45) is -3.35. The second-order valence-electron chi connectivity index (χ2n) is 7.68. The summed E-state index contributed by atoms with van der Waals surface area (Å²) in [6.45, 7) is 5.58. The highest BCUT2D eigenvalue weighted by Gasteiger charge is 2.44. The summed E-state index contributed by atoms with van der Waals surface area (Å²) in [5.74, 6) is -3.02. The molecule has 1 aliphatic rings. The molecule has 2 nitrogen and oxygen atoms in total. The standard InChI is InChI=1S/C21H24F5NOS/c1-4-5-14-6-7-17(13(3)12(14)2)28-11-16-18(15-8-9-20(22,23)10-15)27-29-19(16)21(24,25)26/h6-7,15H,4-5,8-11H2,1-3H3. The molecule has 0 amide bonds. The van der Waals surface area contributed by atoms with Gasteiger partial charge in [0, 0.05) is 24.3 Å². The predicted molar refractivity (Wildman–Crippen MR) is 103 cm³/mol. The first kappa shape index (κ1) is 22.0. The van der Waals surface area contributed by atoms with E-state index in [2.05, 4.69) is 11.3 Å². The van der Waals surface area contributed by atoms with Crippen LogP contribution >= 0.6 is 11.5 Å². The van der Waals surface area contributed by atoms with E-state index in [9.17, 15) is 22.0 Å². The number of rotatable bonds is 6. The monoisotopic (exact) mass is 433 g/mol. The molecule has 1 aliphatic carbocycles. The Balaban J connectivity index is 1.88. The molecule has 1 atom stereocenters. The van der Waals surface area contributed by atoms with Crippen molar-refractivity contribution < 1.29 is 26.7 Å². The van der Waals surface area contributed by atoms with Gasteiger partial charge in [0.1, 0.15) is 17.2 Å². The van der Waals surface area contributed by atoms with Gasteiger partial charge >= 0.3 is 6.18 Å². The highest BCUT2D eigenvalue weighted by Crippen LogP contribution is 2.47. The molecular formula is C21H24F5NOS. The van der Waals surface area contributed by atoms with Gasteiger partial charge < -0.3 is 4.74 Å². The Morgan fingerprint density at radius 2 is 1.93 bits per heavy atom. The van der Waals surface area contributed by atoms with Gasteiger partial charge in [-0.2, -0.15) is 17.5 Å². The Bertz CT molecular complexity index is 875. The zero-order valence-corrected chi connectivity index (χ0v) is 17.4. The van der Waals surface area contributed by atoms with Gasteiger partial charge in [-0.25, -0.2) is 8.78 Å². The average molecular weight is 433 g/mol. The van der Waals surface area contributed by atoms with E-state index in [1.807, 2.05) is 19.9 Å².